The minimum Gasteiger partial charge on any atom is -0.467 e. The van der Waals surface area contributed by atoms with E-state index < -0.39 is 0 Å². The minimum atomic E-state index is -0.0756. The summed E-state index contributed by atoms with van der Waals surface area (Å²) in [6.45, 7) is 1.28. The number of hydrogen-bond acceptors (Lipinski definition) is 5. The maximum absolute atomic E-state index is 11.9. The van der Waals surface area contributed by atoms with Crippen molar-refractivity contribution in [1.82, 2.24) is 9.80 Å². The van der Waals surface area contributed by atoms with Crippen molar-refractivity contribution in [2.24, 2.45) is 0 Å². The Labute approximate surface area is 106 Å². The SMILES string of the molecule is CN(Cc1ccco1)C(=O)CN(CCO)CCO. The molecule has 2 N–H and O–H groups in total. The minimum absolute atomic E-state index is 0.0326. The smallest absolute Gasteiger partial charge is 0.236 e. The quantitative estimate of drug-likeness (QED) is 0.657. The van der Waals surface area contributed by atoms with Gasteiger partial charge in [-0.1, -0.05) is 0 Å². The number of furan rings is 1. The van der Waals surface area contributed by atoms with Crippen LogP contribution in [-0.2, 0) is 11.3 Å². The van der Waals surface area contributed by atoms with Gasteiger partial charge in [0.05, 0.1) is 32.6 Å². The van der Waals surface area contributed by atoms with Gasteiger partial charge in [0.15, 0.2) is 0 Å². The highest BCUT2D eigenvalue weighted by atomic mass is 16.3. The third-order valence-electron chi connectivity index (χ3n) is 2.59. The molecule has 102 valence electrons. The maximum Gasteiger partial charge on any atom is 0.236 e. The molecule has 0 saturated carbocycles. The standard InChI is InChI=1S/C12H20N2O4/c1-13(9-11-3-2-8-18-11)12(17)10-14(4-6-15)5-7-16/h2-3,8,15-16H,4-7,9-10H2,1H3. The van der Waals surface area contributed by atoms with Crippen molar-refractivity contribution < 1.29 is 19.4 Å². The Kier molecular flexibility index (Phi) is 6.42. The van der Waals surface area contributed by atoms with Crippen LogP contribution in [0.25, 0.3) is 0 Å². The van der Waals surface area contributed by atoms with E-state index in [2.05, 4.69) is 0 Å². The summed E-state index contributed by atoms with van der Waals surface area (Å²) in [7, 11) is 1.70. The Morgan fingerprint density at radius 3 is 2.50 bits per heavy atom. The molecule has 0 saturated heterocycles. The van der Waals surface area contributed by atoms with Gasteiger partial charge in [-0.05, 0) is 12.1 Å². The fraction of sp³-hybridized carbons (Fsp3) is 0.583. The molecule has 0 aliphatic carbocycles. The molecule has 1 amide bonds. The van der Waals surface area contributed by atoms with E-state index in [1.807, 2.05) is 6.07 Å². The third kappa shape index (κ3) is 4.87. The Morgan fingerprint density at radius 1 is 1.33 bits per heavy atom. The van der Waals surface area contributed by atoms with Crippen LogP contribution in [0.4, 0.5) is 0 Å². The summed E-state index contributed by atoms with van der Waals surface area (Å²) in [6.07, 6.45) is 1.57. The summed E-state index contributed by atoms with van der Waals surface area (Å²) >= 11 is 0. The zero-order valence-electron chi connectivity index (χ0n) is 10.6. The summed E-state index contributed by atoms with van der Waals surface area (Å²) in [5, 5.41) is 17.7. The zero-order chi connectivity index (χ0) is 13.4. The maximum atomic E-state index is 11.9. The average molecular weight is 256 g/mol. The number of rotatable bonds is 8. The second-order valence-corrected chi connectivity index (χ2v) is 4.05. The summed E-state index contributed by atoms with van der Waals surface area (Å²) in [5.74, 6) is 0.648. The number of amides is 1. The molecule has 1 heterocycles. The van der Waals surface area contributed by atoms with Gasteiger partial charge in [0.1, 0.15) is 5.76 Å². The van der Waals surface area contributed by atoms with E-state index in [0.29, 0.717) is 19.6 Å². The van der Waals surface area contributed by atoms with Crippen LogP contribution in [0.3, 0.4) is 0 Å². The van der Waals surface area contributed by atoms with Crippen LogP contribution >= 0.6 is 0 Å². The molecule has 1 aromatic heterocycles. The molecule has 0 unspecified atom stereocenters. The van der Waals surface area contributed by atoms with E-state index in [0.717, 1.165) is 5.76 Å². The van der Waals surface area contributed by atoms with Gasteiger partial charge < -0.3 is 19.5 Å². The average Bonchev–Trinajstić information content (AvgIpc) is 2.82. The van der Waals surface area contributed by atoms with Gasteiger partial charge in [-0.25, -0.2) is 0 Å². The lowest BCUT2D eigenvalue weighted by molar-refractivity contribution is -0.132. The molecular formula is C12H20N2O4. The molecule has 0 spiro atoms. The lowest BCUT2D eigenvalue weighted by Crippen LogP contribution is -2.40. The van der Waals surface area contributed by atoms with Crippen LogP contribution in [-0.4, -0.2) is 65.8 Å². The van der Waals surface area contributed by atoms with E-state index in [-0.39, 0.29) is 25.7 Å². The summed E-state index contributed by atoms with van der Waals surface area (Å²) in [6, 6.07) is 3.58. The van der Waals surface area contributed by atoms with Crippen molar-refractivity contribution in [2.75, 3.05) is 39.9 Å². The number of aliphatic hydroxyl groups is 2. The highest BCUT2D eigenvalue weighted by Gasteiger charge is 2.14. The van der Waals surface area contributed by atoms with Gasteiger partial charge in [-0.2, -0.15) is 0 Å². The molecule has 0 aliphatic heterocycles. The van der Waals surface area contributed by atoms with Crippen LogP contribution in [0.5, 0.6) is 0 Å². The highest BCUT2D eigenvalue weighted by molar-refractivity contribution is 5.77. The van der Waals surface area contributed by atoms with E-state index in [9.17, 15) is 4.79 Å². The largest absolute Gasteiger partial charge is 0.467 e. The fourth-order valence-corrected chi connectivity index (χ4v) is 1.59. The molecule has 0 aliphatic rings. The number of hydrogen-bond donors (Lipinski definition) is 2. The number of carbonyl (C=O) groups is 1. The predicted octanol–water partition coefficient (Wildman–Crippen LogP) is -0.475. The first-order valence-corrected chi connectivity index (χ1v) is 5.87. The van der Waals surface area contributed by atoms with Crippen LogP contribution in [0.2, 0.25) is 0 Å². The van der Waals surface area contributed by atoms with Gasteiger partial charge in [-0.15, -0.1) is 0 Å². The summed E-state index contributed by atoms with van der Waals surface area (Å²) < 4.78 is 5.17. The molecule has 0 fully saturated rings. The van der Waals surface area contributed by atoms with Crippen LogP contribution in [0.1, 0.15) is 5.76 Å². The van der Waals surface area contributed by atoms with E-state index >= 15 is 0 Å². The molecule has 6 heteroatoms. The Balaban J connectivity index is 2.42. The first-order valence-electron chi connectivity index (χ1n) is 5.87. The Morgan fingerprint density at radius 2 is 2.00 bits per heavy atom. The van der Waals surface area contributed by atoms with Crippen molar-refractivity contribution in [1.29, 1.82) is 0 Å². The molecular weight excluding hydrogens is 236 g/mol. The molecule has 18 heavy (non-hydrogen) atoms. The van der Waals surface area contributed by atoms with Gasteiger partial charge in [0.25, 0.3) is 0 Å². The Bertz CT molecular complexity index is 334. The number of aliphatic hydroxyl groups excluding tert-OH is 2. The third-order valence-corrected chi connectivity index (χ3v) is 2.59. The van der Waals surface area contributed by atoms with E-state index in [4.69, 9.17) is 14.6 Å². The molecule has 0 bridgehead atoms. The van der Waals surface area contributed by atoms with Gasteiger partial charge >= 0.3 is 0 Å². The summed E-state index contributed by atoms with van der Waals surface area (Å²) in [4.78, 5) is 15.2. The van der Waals surface area contributed by atoms with Gasteiger partial charge in [0.2, 0.25) is 5.91 Å². The van der Waals surface area contributed by atoms with Crippen LogP contribution in [0, 0.1) is 0 Å². The predicted molar refractivity (Wildman–Crippen MR) is 65.8 cm³/mol. The van der Waals surface area contributed by atoms with E-state index in [1.54, 1.807) is 29.2 Å². The van der Waals surface area contributed by atoms with Gasteiger partial charge in [0, 0.05) is 20.1 Å². The van der Waals surface area contributed by atoms with Crippen LogP contribution < -0.4 is 0 Å². The first kappa shape index (κ1) is 14.7. The number of likely N-dealkylation sites (N-methyl/N-ethyl adjacent to an activating group) is 1. The van der Waals surface area contributed by atoms with Crippen molar-refractivity contribution in [3.05, 3.63) is 24.2 Å². The topological polar surface area (TPSA) is 77.2 Å². The lowest BCUT2D eigenvalue weighted by Gasteiger charge is -2.23. The monoisotopic (exact) mass is 256 g/mol. The molecule has 0 aromatic carbocycles. The zero-order valence-corrected chi connectivity index (χ0v) is 10.6. The van der Waals surface area contributed by atoms with E-state index in [1.165, 1.54) is 0 Å². The Hall–Kier alpha value is -1.37. The summed E-state index contributed by atoms with van der Waals surface area (Å²) in [5.41, 5.74) is 0. The molecule has 0 atom stereocenters. The lowest BCUT2D eigenvalue weighted by atomic mass is 10.3. The second kappa shape index (κ2) is 7.86. The van der Waals surface area contributed by atoms with Crippen molar-refractivity contribution >= 4 is 5.91 Å². The van der Waals surface area contributed by atoms with Crippen molar-refractivity contribution in [3.63, 3.8) is 0 Å². The number of nitrogens with zero attached hydrogens (tertiary/aromatic N) is 2. The van der Waals surface area contributed by atoms with Crippen molar-refractivity contribution in [2.45, 2.75) is 6.54 Å². The highest BCUT2D eigenvalue weighted by Crippen LogP contribution is 2.04. The van der Waals surface area contributed by atoms with Crippen LogP contribution in [0.15, 0.2) is 22.8 Å². The molecule has 6 nitrogen and oxygen atoms in total. The second-order valence-electron chi connectivity index (χ2n) is 4.05. The normalized spacial score (nSPS) is 10.9. The van der Waals surface area contributed by atoms with Crippen molar-refractivity contribution in [3.8, 4) is 0 Å². The molecule has 1 rings (SSSR count). The fourth-order valence-electron chi connectivity index (χ4n) is 1.59. The first-order chi connectivity index (χ1) is 8.67. The molecule has 1 aromatic rings. The van der Waals surface area contributed by atoms with Gasteiger partial charge in [-0.3, -0.25) is 9.69 Å². The number of carbonyl (C=O) groups excluding carboxylic acids is 1. The molecule has 0 radical (unpaired) electrons.